The molecule has 0 N–H and O–H groups in total. The molecule has 1 fully saturated rings. The van der Waals surface area contributed by atoms with Gasteiger partial charge in [0, 0.05) is 37.4 Å². The lowest BCUT2D eigenvalue weighted by atomic mass is 10.2. The lowest BCUT2D eigenvalue weighted by Crippen LogP contribution is -2.50. The predicted octanol–water partition coefficient (Wildman–Crippen LogP) is 2.19. The highest BCUT2D eigenvalue weighted by atomic mass is 35.5. The van der Waals surface area contributed by atoms with Crippen molar-refractivity contribution in [3.05, 3.63) is 58.9 Å². The zero-order valence-electron chi connectivity index (χ0n) is 13.7. The van der Waals surface area contributed by atoms with E-state index in [9.17, 15) is 13.2 Å². The molecule has 0 bridgehead atoms. The Hall–Kier alpha value is -1.96. The van der Waals surface area contributed by atoms with E-state index in [-0.39, 0.29) is 29.6 Å². The second-order valence-corrected chi connectivity index (χ2v) is 8.24. The van der Waals surface area contributed by atoms with E-state index in [2.05, 4.69) is 4.98 Å². The van der Waals surface area contributed by atoms with Gasteiger partial charge in [-0.25, -0.2) is 8.42 Å². The van der Waals surface area contributed by atoms with Crippen LogP contribution >= 0.6 is 11.6 Å². The molecule has 132 valence electrons. The van der Waals surface area contributed by atoms with E-state index in [4.69, 9.17) is 11.6 Å². The van der Waals surface area contributed by atoms with Gasteiger partial charge >= 0.3 is 0 Å². The zero-order chi connectivity index (χ0) is 18.0. The Morgan fingerprint density at radius 1 is 1.08 bits per heavy atom. The molecule has 0 unspecified atom stereocenters. The Balaban J connectivity index is 1.69. The molecule has 0 aliphatic carbocycles. The molecule has 1 aliphatic rings. The smallest absolute Gasteiger partial charge is 0.272 e. The molecule has 1 saturated heterocycles. The highest BCUT2D eigenvalue weighted by Crippen LogP contribution is 2.19. The summed E-state index contributed by atoms with van der Waals surface area (Å²) < 4.78 is 26.8. The van der Waals surface area contributed by atoms with Gasteiger partial charge in [0.15, 0.2) is 0 Å². The number of benzene rings is 1. The first kappa shape index (κ1) is 17.8. The number of sulfonamides is 1. The SMILES string of the molecule is Cc1ccc(S(=O)(=O)N2CCN(C(=O)c3cc(Cl)ccn3)CC2)cc1. The molecule has 3 rings (SSSR count). The maximum absolute atomic E-state index is 12.7. The minimum atomic E-state index is -3.54. The molecule has 1 aromatic carbocycles. The highest BCUT2D eigenvalue weighted by molar-refractivity contribution is 7.89. The molecule has 1 aliphatic heterocycles. The monoisotopic (exact) mass is 379 g/mol. The van der Waals surface area contributed by atoms with E-state index < -0.39 is 10.0 Å². The molecular formula is C17H18ClN3O3S. The molecule has 25 heavy (non-hydrogen) atoms. The van der Waals surface area contributed by atoms with Crippen molar-refractivity contribution >= 4 is 27.5 Å². The van der Waals surface area contributed by atoms with Crippen LogP contribution < -0.4 is 0 Å². The number of carbonyl (C=O) groups excluding carboxylic acids is 1. The van der Waals surface area contributed by atoms with Crippen molar-refractivity contribution in [1.29, 1.82) is 0 Å². The fraction of sp³-hybridized carbons (Fsp3) is 0.294. The third-order valence-corrected chi connectivity index (χ3v) is 6.27. The number of piperazine rings is 1. The Bertz CT molecular complexity index is 876. The van der Waals surface area contributed by atoms with E-state index in [1.807, 2.05) is 6.92 Å². The van der Waals surface area contributed by atoms with Crippen LogP contribution in [-0.2, 0) is 10.0 Å². The number of hydrogen-bond acceptors (Lipinski definition) is 4. The minimum Gasteiger partial charge on any atom is -0.335 e. The van der Waals surface area contributed by atoms with Crippen molar-refractivity contribution < 1.29 is 13.2 Å². The van der Waals surface area contributed by atoms with E-state index in [1.165, 1.54) is 16.6 Å². The van der Waals surface area contributed by atoms with E-state index in [1.54, 1.807) is 35.2 Å². The number of aryl methyl sites for hydroxylation is 1. The fourth-order valence-electron chi connectivity index (χ4n) is 2.67. The maximum Gasteiger partial charge on any atom is 0.272 e. The summed E-state index contributed by atoms with van der Waals surface area (Å²) in [5.41, 5.74) is 1.27. The summed E-state index contributed by atoms with van der Waals surface area (Å²) in [6.45, 7) is 3.05. The lowest BCUT2D eigenvalue weighted by molar-refractivity contribution is 0.0692. The van der Waals surface area contributed by atoms with Crippen molar-refractivity contribution in [2.24, 2.45) is 0 Å². The zero-order valence-corrected chi connectivity index (χ0v) is 15.3. The van der Waals surface area contributed by atoms with Crippen molar-refractivity contribution in [1.82, 2.24) is 14.2 Å². The van der Waals surface area contributed by atoms with Crippen molar-refractivity contribution in [2.45, 2.75) is 11.8 Å². The molecule has 8 heteroatoms. The number of carbonyl (C=O) groups is 1. The number of halogens is 1. The van der Waals surface area contributed by atoms with Gasteiger partial charge < -0.3 is 4.90 Å². The summed E-state index contributed by atoms with van der Waals surface area (Å²) in [7, 11) is -3.54. The van der Waals surface area contributed by atoms with E-state index >= 15 is 0 Å². The Labute approximate surface area is 152 Å². The minimum absolute atomic E-state index is 0.241. The Morgan fingerprint density at radius 2 is 1.72 bits per heavy atom. The molecule has 1 amide bonds. The van der Waals surface area contributed by atoms with Crippen LogP contribution in [0.5, 0.6) is 0 Å². The van der Waals surface area contributed by atoms with Gasteiger partial charge in [-0.3, -0.25) is 9.78 Å². The molecule has 0 spiro atoms. The normalized spacial score (nSPS) is 16.0. The largest absolute Gasteiger partial charge is 0.335 e. The van der Waals surface area contributed by atoms with Crippen molar-refractivity contribution in [3.63, 3.8) is 0 Å². The van der Waals surface area contributed by atoms with E-state index in [0.717, 1.165) is 5.56 Å². The quantitative estimate of drug-likeness (QED) is 0.819. The topological polar surface area (TPSA) is 70.6 Å². The van der Waals surface area contributed by atoms with Crippen LogP contribution in [0, 0.1) is 6.92 Å². The van der Waals surface area contributed by atoms with Gasteiger partial charge in [0.2, 0.25) is 10.0 Å². The summed E-state index contributed by atoms with van der Waals surface area (Å²) in [5.74, 6) is -0.241. The van der Waals surface area contributed by atoms with Crippen molar-refractivity contribution in [2.75, 3.05) is 26.2 Å². The van der Waals surface area contributed by atoms with Crippen molar-refractivity contribution in [3.8, 4) is 0 Å². The van der Waals surface area contributed by atoms with Crippen LogP contribution in [0.25, 0.3) is 0 Å². The first-order valence-electron chi connectivity index (χ1n) is 7.85. The summed E-state index contributed by atoms with van der Waals surface area (Å²) in [6, 6.07) is 9.88. The van der Waals surface area contributed by atoms with E-state index in [0.29, 0.717) is 18.1 Å². The number of pyridine rings is 1. The van der Waals surface area contributed by atoms with Crippen LogP contribution in [0.1, 0.15) is 16.1 Å². The number of hydrogen-bond donors (Lipinski definition) is 0. The lowest BCUT2D eigenvalue weighted by Gasteiger charge is -2.33. The van der Waals surface area contributed by atoms with Gasteiger partial charge in [-0.05, 0) is 31.2 Å². The summed E-state index contributed by atoms with van der Waals surface area (Å²) in [5, 5.41) is 0.443. The van der Waals surface area contributed by atoms with Crippen LogP contribution in [0.3, 0.4) is 0 Å². The average Bonchev–Trinajstić information content (AvgIpc) is 2.61. The standard InChI is InChI=1S/C17H18ClN3O3S/c1-13-2-4-15(5-3-13)25(23,24)21-10-8-20(9-11-21)17(22)16-12-14(18)6-7-19-16/h2-7,12H,8-11H2,1H3. The van der Waals surface area contributed by atoms with Crippen LogP contribution in [-0.4, -0.2) is 54.7 Å². The van der Waals surface area contributed by atoms with Crippen LogP contribution in [0.15, 0.2) is 47.5 Å². The summed E-state index contributed by atoms with van der Waals surface area (Å²) >= 11 is 5.89. The molecule has 2 heterocycles. The Kier molecular flexibility index (Phi) is 5.08. The van der Waals surface area contributed by atoms with Crippen LogP contribution in [0.2, 0.25) is 5.02 Å². The first-order valence-corrected chi connectivity index (χ1v) is 9.67. The van der Waals surface area contributed by atoms with Gasteiger partial charge in [0.1, 0.15) is 5.69 Å². The van der Waals surface area contributed by atoms with Crippen LogP contribution in [0.4, 0.5) is 0 Å². The molecule has 0 radical (unpaired) electrons. The Morgan fingerprint density at radius 3 is 2.32 bits per heavy atom. The predicted molar refractivity (Wildman–Crippen MR) is 95.1 cm³/mol. The number of amides is 1. The number of nitrogens with zero attached hydrogens (tertiary/aromatic N) is 3. The third-order valence-electron chi connectivity index (χ3n) is 4.13. The number of rotatable bonds is 3. The second kappa shape index (κ2) is 7.11. The van der Waals surface area contributed by atoms with Gasteiger partial charge in [0.25, 0.3) is 5.91 Å². The summed E-state index contributed by atoms with van der Waals surface area (Å²) in [4.78, 5) is 18.4. The highest BCUT2D eigenvalue weighted by Gasteiger charge is 2.30. The van der Waals surface area contributed by atoms with Gasteiger partial charge in [-0.1, -0.05) is 29.3 Å². The molecular weight excluding hydrogens is 362 g/mol. The molecule has 2 aromatic rings. The van der Waals surface area contributed by atoms with Gasteiger partial charge in [-0.15, -0.1) is 0 Å². The molecule has 0 saturated carbocycles. The third kappa shape index (κ3) is 3.84. The molecule has 1 aromatic heterocycles. The number of aromatic nitrogens is 1. The van der Waals surface area contributed by atoms with Gasteiger partial charge in [0.05, 0.1) is 4.90 Å². The first-order chi connectivity index (χ1) is 11.9. The second-order valence-electron chi connectivity index (χ2n) is 5.87. The summed E-state index contributed by atoms with van der Waals surface area (Å²) in [6.07, 6.45) is 1.48. The molecule has 0 atom stereocenters. The molecule has 6 nitrogen and oxygen atoms in total. The van der Waals surface area contributed by atoms with Gasteiger partial charge in [-0.2, -0.15) is 4.31 Å². The maximum atomic E-state index is 12.7. The fourth-order valence-corrected chi connectivity index (χ4v) is 4.26. The average molecular weight is 380 g/mol.